The summed E-state index contributed by atoms with van der Waals surface area (Å²) >= 11 is 0. The third-order valence-corrected chi connectivity index (χ3v) is 4.61. The summed E-state index contributed by atoms with van der Waals surface area (Å²) in [4.78, 5) is 12.4. The molecular formula is C20H23NO. The molecule has 0 bridgehead atoms. The van der Waals surface area contributed by atoms with Gasteiger partial charge in [-0.25, -0.2) is 0 Å². The van der Waals surface area contributed by atoms with Crippen LogP contribution < -0.4 is 5.32 Å². The van der Waals surface area contributed by atoms with Gasteiger partial charge in [0.15, 0.2) is 0 Å². The zero-order chi connectivity index (χ0) is 15.6. The Morgan fingerprint density at radius 1 is 1.05 bits per heavy atom. The van der Waals surface area contributed by atoms with E-state index < -0.39 is 0 Å². The number of fused-ring (bicyclic) bond motifs is 1. The number of amides is 1. The third kappa shape index (κ3) is 3.06. The number of aryl methyl sites for hydroxylation is 2. The molecule has 0 heterocycles. The van der Waals surface area contributed by atoms with E-state index in [4.69, 9.17) is 0 Å². The first-order chi connectivity index (χ1) is 10.6. The largest absolute Gasteiger partial charge is 0.351 e. The predicted molar refractivity (Wildman–Crippen MR) is 90.3 cm³/mol. The number of nitrogens with one attached hydrogen (secondary N) is 1. The van der Waals surface area contributed by atoms with Crippen molar-refractivity contribution in [3.8, 4) is 0 Å². The van der Waals surface area contributed by atoms with Gasteiger partial charge < -0.3 is 5.32 Å². The standard InChI is InChI=1S/C20H23NO/c1-20(2,18-9-4-3-5-10-18)14-21-19(22)17-12-11-15-7-6-8-16(15)13-17/h3-5,9-13H,6-8,14H2,1-2H3,(H,21,22). The minimum Gasteiger partial charge on any atom is -0.351 e. The normalized spacial score (nSPS) is 13.7. The van der Waals surface area contributed by atoms with Crippen molar-refractivity contribution in [2.45, 2.75) is 38.5 Å². The van der Waals surface area contributed by atoms with Crippen LogP contribution in [0.5, 0.6) is 0 Å². The van der Waals surface area contributed by atoms with Crippen LogP contribution in [0.15, 0.2) is 48.5 Å². The number of carbonyl (C=O) groups excluding carboxylic acids is 1. The Kier molecular flexibility index (Phi) is 4.02. The first kappa shape index (κ1) is 14.8. The summed E-state index contributed by atoms with van der Waals surface area (Å²) in [5.74, 6) is 0.0266. The van der Waals surface area contributed by atoms with E-state index in [0.717, 1.165) is 18.4 Å². The highest BCUT2D eigenvalue weighted by Crippen LogP contribution is 2.24. The second-order valence-corrected chi connectivity index (χ2v) is 6.77. The Balaban J connectivity index is 1.67. The molecule has 0 spiro atoms. The van der Waals surface area contributed by atoms with Crippen molar-refractivity contribution in [3.05, 3.63) is 70.8 Å². The van der Waals surface area contributed by atoms with Crippen LogP contribution in [0.4, 0.5) is 0 Å². The van der Waals surface area contributed by atoms with Crippen molar-refractivity contribution in [2.75, 3.05) is 6.54 Å². The van der Waals surface area contributed by atoms with Crippen LogP contribution in [0.3, 0.4) is 0 Å². The Hall–Kier alpha value is -2.09. The molecule has 1 amide bonds. The monoisotopic (exact) mass is 293 g/mol. The van der Waals surface area contributed by atoms with E-state index in [1.54, 1.807) is 0 Å². The molecule has 0 fully saturated rings. The van der Waals surface area contributed by atoms with Crippen molar-refractivity contribution in [1.82, 2.24) is 5.32 Å². The Labute approximate surface area is 132 Å². The van der Waals surface area contributed by atoms with E-state index in [1.165, 1.54) is 23.1 Å². The maximum atomic E-state index is 12.4. The van der Waals surface area contributed by atoms with E-state index in [1.807, 2.05) is 24.3 Å². The molecule has 0 aromatic heterocycles. The molecular weight excluding hydrogens is 270 g/mol. The van der Waals surface area contributed by atoms with E-state index in [2.05, 4.69) is 43.4 Å². The molecule has 1 aliphatic carbocycles. The highest BCUT2D eigenvalue weighted by Gasteiger charge is 2.22. The summed E-state index contributed by atoms with van der Waals surface area (Å²) in [5, 5.41) is 3.09. The lowest BCUT2D eigenvalue weighted by Crippen LogP contribution is -2.36. The van der Waals surface area contributed by atoms with Crippen molar-refractivity contribution in [2.24, 2.45) is 0 Å². The van der Waals surface area contributed by atoms with Gasteiger partial charge in [-0.1, -0.05) is 50.2 Å². The SMILES string of the molecule is CC(C)(CNC(=O)c1ccc2c(c1)CCC2)c1ccccc1. The number of carbonyl (C=O) groups is 1. The van der Waals surface area contributed by atoms with Gasteiger partial charge in [-0.2, -0.15) is 0 Å². The second-order valence-electron chi connectivity index (χ2n) is 6.77. The first-order valence-electron chi connectivity index (χ1n) is 8.02. The van der Waals surface area contributed by atoms with Crippen LogP contribution in [0.2, 0.25) is 0 Å². The number of hydrogen-bond acceptors (Lipinski definition) is 1. The van der Waals surface area contributed by atoms with E-state index >= 15 is 0 Å². The van der Waals surface area contributed by atoms with Gasteiger partial charge in [0, 0.05) is 17.5 Å². The zero-order valence-electron chi connectivity index (χ0n) is 13.4. The number of rotatable bonds is 4. The molecule has 0 saturated heterocycles. The molecule has 0 radical (unpaired) electrons. The fourth-order valence-electron chi connectivity index (χ4n) is 3.11. The molecule has 3 rings (SSSR count). The Morgan fingerprint density at radius 2 is 1.77 bits per heavy atom. The molecule has 114 valence electrons. The molecule has 2 aromatic carbocycles. The molecule has 2 heteroatoms. The van der Waals surface area contributed by atoms with Crippen LogP contribution in [0.25, 0.3) is 0 Å². The highest BCUT2D eigenvalue weighted by molar-refractivity contribution is 5.94. The zero-order valence-corrected chi connectivity index (χ0v) is 13.4. The smallest absolute Gasteiger partial charge is 0.251 e. The Bertz CT molecular complexity index is 673. The van der Waals surface area contributed by atoms with Gasteiger partial charge in [-0.05, 0) is 48.1 Å². The predicted octanol–water partition coefficient (Wildman–Crippen LogP) is 3.88. The van der Waals surface area contributed by atoms with Gasteiger partial charge in [-0.3, -0.25) is 4.79 Å². The lowest BCUT2D eigenvalue weighted by atomic mass is 9.84. The van der Waals surface area contributed by atoms with Crippen LogP contribution in [0, 0.1) is 0 Å². The average Bonchev–Trinajstić information content (AvgIpc) is 3.01. The minimum absolute atomic E-state index is 0.0266. The molecule has 0 atom stereocenters. The molecule has 2 aromatic rings. The van der Waals surface area contributed by atoms with Crippen LogP contribution in [0.1, 0.15) is 47.3 Å². The van der Waals surface area contributed by atoms with Crippen molar-refractivity contribution >= 4 is 5.91 Å². The molecule has 1 aliphatic rings. The highest BCUT2D eigenvalue weighted by atomic mass is 16.1. The van der Waals surface area contributed by atoms with E-state index in [0.29, 0.717) is 6.54 Å². The van der Waals surface area contributed by atoms with E-state index in [9.17, 15) is 4.79 Å². The third-order valence-electron chi connectivity index (χ3n) is 4.61. The van der Waals surface area contributed by atoms with Crippen molar-refractivity contribution in [1.29, 1.82) is 0 Å². The van der Waals surface area contributed by atoms with Gasteiger partial charge in [0.1, 0.15) is 0 Å². The van der Waals surface area contributed by atoms with Crippen LogP contribution in [-0.2, 0) is 18.3 Å². The van der Waals surface area contributed by atoms with Gasteiger partial charge in [0.05, 0.1) is 0 Å². The molecule has 0 unspecified atom stereocenters. The molecule has 0 aliphatic heterocycles. The molecule has 0 saturated carbocycles. The Morgan fingerprint density at radius 3 is 2.55 bits per heavy atom. The van der Waals surface area contributed by atoms with Crippen LogP contribution >= 0.6 is 0 Å². The summed E-state index contributed by atoms with van der Waals surface area (Å²) in [7, 11) is 0. The summed E-state index contributed by atoms with van der Waals surface area (Å²) in [6.07, 6.45) is 3.46. The number of benzene rings is 2. The van der Waals surface area contributed by atoms with Gasteiger partial charge in [0.25, 0.3) is 5.91 Å². The van der Waals surface area contributed by atoms with Crippen LogP contribution in [-0.4, -0.2) is 12.5 Å². The molecule has 22 heavy (non-hydrogen) atoms. The number of hydrogen-bond donors (Lipinski definition) is 1. The molecule has 2 nitrogen and oxygen atoms in total. The average molecular weight is 293 g/mol. The fourth-order valence-corrected chi connectivity index (χ4v) is 3.11. The van der Waals surface area contributed by atoms with E-state index in [-0.39, 0.29) is 11.3 Å². The first-order valence-corrected chi connectivity index (χ1v) is 8.02. The lowest BCUT2D eigenvalue weighted by Gasteiger charge is -2.25. The summed E-state index contributed by atoms with van der Waals surface area (Å²) in [5.41, 5.74) is 4.69. The van der Waals surface area contributed by atoms with Crippen molar-refractivity contribution < 1.29 is 4.79 Å². The quantitative estimate of drug-likeness (QED) is 0.910. The topological polar surface area (TPSA) is 29.1 Å². The lowest BCUT2D eigenvalue weighted by molar-refractivity contribution is 0.0945. The summed E-state index contributed by atoms with van der Waals surface area (Å²) < 4.78 is 0. The van der Waals surface area contributed by atoms with Gasteiger partial charge in [0.2, 0.25) is 0 Å². The second kappa shape index (κ2) is 5.96. The maximum Gasteiger partial charge on any atom is 0.251 e. The van der Waals surface area contributed by atoms with Gasteiger partial charge >= 0.3 is 0 Å². The summed E-state index contributed by atoms with van der Waals surface area (Å²) in [6, 6.07) is 16.5. The summed E-state index contributed by atoms with van der Waals surface area (Å²) in [6.45, 7) is 4.95. The maximum absolute atomic E-state index is 12.4. The van der Waals surface area contributed by atoms with Gasteiger partial charge in [-0.15, -0.1) is 0 Å². The fraction of sp³-hybridized carbons (Fsp3) is 0.350. The van der Waals surface area contributed by atoms with Crippen molar-refractivity contribution in [3.63, 3.8) is 0 Å². The minimum atomic E-state index is -0.0757. The molecule has 1 N–H and O–H groups in total.